The standard InChI is InChI=1S/C25H30F2N6O/c1-17-10-20(29-23-4-2-3-5-24(23)32-6-8-34-9-7-32)15-21(11-17)30-25-28-16-33(31-25)22-13-18(26)12-19(27)14-22/h10-16,23-24,29H,2-9H2,1H3,(H,30,31). The highest BCUT2D eigenvalue weighted by molar-refractivity contribution is 5.63. The summed E-state index contributed by atoms with van der Waals surface area (Å²) in [6.07, 6.45) is 6.29. The molecule has 0 radical (unpaired) electrons. The lowest BCUT2D eigenvalue weighted by atomic mass is 9.88. The van der Waals surface area contributed by atoms with Gasteiger partial charge in [0.25, 0.3) is 0 Å². The van der Waals surface area contributed by atoms with Crippen molar-refractivity contribution in [1.82, 2.24) is 19.7 Å². The van der Waals surface area contributed by atoms with Gasteiger partial charge in [-0.15, -0.1) is 5.10 Å². The normalized spacial score (nSPS) is 21.4. The molecule has 1 aromatic heterocycles. The number of halogens is 2. The molecule has 2 aliphatic rings. The van der Waals surface area contributed by atoms with Crippen molar-refractivity contribution < 1.29 is 13.5 Å². The fraction of sp³-hybridized carbons (Fsp3) is 0.440. The van der Waals surface area contributed by atoms with Gasteiger partial charge in [0.2, 0.25) is 5.95 Å². The van der Waals surface area contributed by atoms with E-state index >= 15 is 0 Å². The van der Waals surface area contributed by atoms with Crippen LogP contribution in [-0.4, -0.2) is 58.1 Å². The van der Waals surface area contributed by atoms with Crippen LogP contribution in [0.5, 0.6) is 0 Å². The van der Waals surface area contributed by atoms with E-state index in [9.17, 15) is 8.78 Å². The Labute approximate surface area is 198 Å². The number of hydrogen-bond donors (Lipinski definition) is 2. The third kappa shape index (κ3) is 5.37. The van der Waals surface area contributed by atoms with Gasteiger partial charge in [0, 0.05) is 42.6 Å². The first kappa shape index (κ1) is 22.7. The molecule has 0 amide bonds. The third-order valence-corrected chi connectivity index (χ3v) is 6.53. The van der Waals surface area contributed by atoms with E-state index in [4.69, 9.17) is 4.74 Å². The zero-order valence-electron chi connectivity index (χ0n) is 19.3. The van der Waals surface area contributed by atoms with E-state index in [1.54, 1.807) is 0 Å². The number of morpholine rings is 1. The lowest BCUT2D eigenvalue weighted by Crippen LogP contribution is -2.52. The summed E-state index contributed by atoms with van der Waals surface area (Å²) in [5.74, 6) is -0.968. The van der Waals surface area contributed by atoms with Crippen LogP contribution >= 0.6 is 0 Å². The molecule has 1 aliphatic heterocycles. The Morgan fingerprint density at radius 2 is 1.68 bits per heavy atom. The monoisotopic (exact) mass is 468 g/mol. The maximum atomic E-state index is 13.6. The van der Waals surface area contributed by atoms with Crippen LogP contribution in [0.3, 0.4) is 0 Å². The molecule has 1 saturated heterocycles. The molecule has 9 heteroatoms. The van der Waals surface area contributed by atoms with E-state index in [2.05, 4.69) is 44.7 Å². The molecule has 2 N–H and O–H groups in total. The van der Waals surface area contributed by atoms with Gasteiger partial charge in [0.05, 0.1) is 18.9 Å². The average Bonchev–Trinajstić information content (AvgIpc) is 3.27. The molecule has 1 aliphatic carbocycles. The second-order valence-corrected chi connectivity index (χ2v) is 9.10. The van der Waals surface area contributed by atoms with Gasteiger partial charge in [-0.3, -0.25) is 4.90 Å². The fourth-order valence-corrected chi connectivity index (χ4v) is 5.02. The lowest BCUT2D eigenvalue weighted by Gasteiger charge is -2.42. The largest absolute Gasteiger partial charge is 0.381 e. The first-order chi connectivity index (χ1) is 16.5. The Hall–Kier alpha value is -3.04. The van der Waals surface area contributed by atoms with Gasteiger partial charge in [0.15, 0.2) is 0 Å². The first-order valence-corrected chi connectivity index (χ1v) is 11.9. The van der Waals surface area contributed by atoms with Crippen LogP contribution < -0.4 is 10.6 Å². The number of aromatic nitrogens is 3. The predicted octanol–water partition coefficient (Wildman–Crippen LogP) is 4.65. The Balaban J connectivity index is 1.30. The minimum atomic E-state index is -0.660. The van der Waals surface area contributed by atoms with Crippen molar-refractivity contribution in [3.63, 3.8) is 0 Å². The quantitative estimate of drug-likeness (QED) is 0.549. The molecule has 0 spiro atoms. The van der Waals surface area contributed by atoms with E-state index in [-0.39, 0.29) is 5.69 Å². The zero-order valence-corrected chi connectivity index (χ0v) is 19.3. The SMILES string of the molecule is Cc1cc(Nc2ncn(-c3cc(F)cc(F)c3)n2)cc(NC2CCCCC2N2CCOCC2)c1. The number of nitrogens with zero attached hydrogens (tertiary/aromatic N) is 4. The average molecular weight is 469 g/mol. The second-order valence-electron chi connectivity index (χ2n) is 9.10. The summed E-state index contributed by atoms with van der Waals surface area (Å²) in [5, 5.41) is 11.3. The minimum Gasteiger partial charge on any atom is -0.381 e. The number of anilines is 3. The van der Waals surface area contributed by atoms with E-state index in [0.29, 0.717) is 18.0 Å². The highest BCUT2D eigenvalue weighted by Crippen LogP contribution is 2.29. The van der Waals surface area contributed by atoms with Crippen LogP contribution in [0.1, 0.15) is 31.2 Å². The summed E-state index contributed by atoms with van der Waals surface area (Å²) in [4.78, 5) is 6.82. The minimum absolute atomic E-state index is 0.274. The molecule has 2 heterocycles. The molecule has 2 atom stereocenters. The van der Waals surface area contributed by atoms with Gasteiger partial charge in [-0.1, -0.05) is 12.8 Å². The summed E-state index contributed by atoms with van der Waals surface area (Å²) < 4.78 is 34.0. The van der Waals surface area contributed by atoms with Crippen molar-refractivity contribution >= 4 is 17.3 Å². The topological polar surface area (TPSA) is 67.2 Å². The van der Waals surface area contributed by atoms with Crippen LogP contribution in [0.2, 0.25) is 0 Å². The van der Waals surface area contributed by atoms with Crippen LogP contribution in [-0.2, 0) is 4.74 Å². The van der Waals surface area contributed by atoms with Crippen LogP contribution in [0.25, 0.3) is 5.69 Å². The van der Waals surface area contributed by atoms with Crippen molar-refractivity contribution in [2.24, 2.45) is 0 Å². The first-order valence-electron chi connectivity index (χ1n) is 11.9. The molecule has 2 unspecified atom stereocenters. The van der Waals surface area contributed by atoms with Gasteiger partial charge in [-0.2, -0.15) is 4.98 Å². The Bertz CT molecular complexity index is 1110. The van der Waals surface area contributed by atoms with Gasteiger partial charge >= 0.3 is 0 Å². The number of ether oxygens (including phenoxy) is 1. The fourth-order valence-electron chi connectivity index (χ4n) is 5.02. The lowest BCUT2D eigenvalue weighted by molar-refractivity contribution is 0.00560. The number of rotatable bonds is 6. The van der Waals surface area contributed by atoms with Crippen molar-refractivity contribution in [3.8, 4) is 5.69 Å². The zero-order chi connectivity index (χ0) is 23.5. The number of nitrogens with one attached hydrogen (secondary N) is 2. The van der Waals surface area contributed by atoms with Gasteiger partial charge in [-0.25, -0.2) is 13.5 Å². The van der Waals surface area contributed by atoms with Crippen molar-refractivity contribution in [1.29, 1.82) is 0 Å². The molecule has 7 nitrogen and oxygen atoms in total. The number of aryl methyl sites for hydroxylation is 1. The molecule has 2 fully saturated rings. The molecule has 1 saturated carbocycles. The van der Waals surface area contributed by atoms with Crippen LogP contribution in [0.4, 0.5) is 26.1 Å². The molecular weight excluding hydrogens is 438 g/mol. The van der Waals surface area contributed by atoms with E-state index in [1.165, 1.54) is 42.4 Å². The molecule has 34 heavy (non-hydrogen) atoms. The number of benzene rings is 2. The highest BCUT2D eigenvalue weighted by atomic mass is 19.1. The molecule has 0 bridgehead atoms. The van der Waals surface area contributed by atoms with Crippen LogP contribution in [0, 0.1) is 18.6 Å². The summed E-state index contributed by atoms with van der Waals surface area (Å²) >= 11 is 0. The highest BCUT2D eigenvalue weighted by Gasteiger charge is 2.31. The van der Waals surface area contributed by atoms with Crippen LogP contribution in [0.15, 0.2) is 42.7 Å². The van der Waals surface area contributed by atoms with Crippen molar-refractivity contribution in [3.05, 3.63) is 59.9 Å². The predicted molar refractivity (Wildman–Crippen MR) is 128 cm³/mol. The van der Waals surface area contributed by atoms with Crippen molar-refractivity contribution in [2.45, 2.75) is 44.7 Å². The molecule has 3 aromatic rings. The number of hydrogen-bond acceptors (Lipinski definition) is 6. The summed E-state index contributed by atoms with van der Waals surface area (Å²) in [7, 11) is 0. The Kier molecular flexibility index (Phi) is 6.73. The second kappa shape index (κ2) is 10.1. The molecular formula is C25H30F2N6O. The Morgan fingerprint density at radius 3 is 2.47 bits per heavy atom. The molecule has 2 aromatic carbocycles. The molecule has 180 valence electrons. The smallest absolute Gasteiger partial charge is 0.246 e. The maximum absolute atomic E-state index is 13.6. The van der Waals surface area contributed by atoms with Gasteiger partial charge in [-0.05, 0) is 55.7 Å². The van der Waals surface area contributed by atoms with E-state index in [1.807, 2.05) is 6.07 Å². The summed E-state index contributed by atoms with van der Waals surface area (Å²) in [6, 6.07) is 10.4. The Morgan fingerprint density at radius 1 is 0.941 bits per heavy atom. The van der Waals surface area contributed by atoms with Gasteiger partial charge < -0.3 is 15.4 Å². The van der Waals surface area contributed by atoms with Gasteiger partial charge in [0.1, 0.15) is 18.0 Å². The summed E-state index contributed by atoms with van der Waals surface area (Å²) in [6.45, 7) is 5.66. The third-order valence-electron chi connectivity index (χ3n) is 6.53. The maximum Gasteiger partial charge on any atom is 0.246 e. The van der Waals surface area contributed by atoms with E-state index < -0.39 is 11.6 Å². The van der Waals surface area contributed by atoms with Crippen molar-refractivity contribution in [2.75, 3.05) is 36.9 Å². The summed E-state index contributed by atoms with van der Waals surface area (Å²) in [5.41, 5.74) is 3.29. The molecule has 5 rings (SSSR count). The van der Waals surface area contributed by atoms with E-state index in [0.717, 1.165) is 55.7 Å².